The van der Waals surface area contributed by atoms with Gasteiger partial charge in [0.1, 0.15) is 5.82 Å². The Balaban J connectivity index is 2.03. The molecule has 3 nitrogen and oxygen atoms in total. The number of pyridine rings is 1. The number of halogens is 2. The number of hydrogen-bond donors (Lipinski definition) is 1. The summed E-state index contributed by atoms with van der Waals surface area (Å²) >= 11 is 11.9. The van der Waals surface area contributed by atoms with E-state index in [0.717, 1.165) is 13.0 Å². The Morgan fingerprint density at radius 2 is 2.22 bits per heavy atom. The van der Waals surface area contributed by atoms with E-state index in [1.54, 1.807) is 12.3 Å². The molecule has 1 fully saturated rings. The second-order valence-corrected chi connectivity index (χ2v) is 6.03. The average molecular weight is 289 g/mol. The number of nitrogens with one attached hydrogen (secondary N) is 1. The van der Waals surface area contributed by atoms with Gasteiger partial charge in [0.15, 0.2) is 0 Å². The van der Waals surface area contributed by atoms with Gasteiger partial charge in [0.05, 0.1) is 16.1 Å². The van der Waals surface area contributed by atoms with Gasteiger partial charge in [-0.1, -0.05) is 37.0 Å². The number of aromatic nitrogens is 1. The minimum atomic E-state index is 0.0840. The number of hydrogen-bond acceptors (Lipinski definition) is 3. The SMILES string of the molecule is CCOC1CC(Nc2ncc(Cl)cc2Cl)C1(C)C. The van der Waals surface area contributed by atoms with Gasteiger partial charge in [-0.05, 0) is 19.4 Å². The number of anilines is 1. The Hall–Kier alpha value is -0.510. The van der Waals surface area contributed by atoms with Crippen LogP contribution in [-0.4, -0.2) is 23.7 Å². The second kappa shape index (κ2) is 5.24. The summed E-state index contributed by atoms with van der Waals surface area (Å²) in [6, 6.07) is 2.02. The molecule has 5 heteroatoms. The summed E-state index contributed by atoms with van der Waals surface area (Å²) in [4.78, 5) is 4.22. The normalized spacial score (nSPS) is 25.6. The lowest BCUT2D eigenvalue weighted by molar-refractivity contribution is -0.0976. The summed E-state index contributed by atoms with van der Waals surface area (Å²) in [5, 5.41) is 4.47. The van der Waals surface area contributed by atoms with Crippen molar-refractivity contribution in [2.45, 2.75) is 39.3 Å². The zero-order valence-corrected chi connectivity index (χ0v) is 12.3. The molecule has 18 heavy (non-hydrogen) atoms. The predicted molar refractivity (Wildman–Crippen MR) is 75.5 cm³/mol. The lowest BCUT2D eigenvalue weighted by Gasteiger charge is -2.51. The van der Waals surface area contributed by atoms with Crippen LogP contribution in [0.4, 0.5) is 5.82 Å². The maximum atomic E-state index is 6.10. The maximum absolute atomic E-state index is 6.10. The van der Waals surface area contributed by atoms with Crippen molar-refractivity contribution in [3.05, 3.63) is 22.3 Å². The number of ether oxygens (including phenoxy) is 1. The molecule has 1 aromatic heterocycles. The molecule has 0 radical (unpaired) electrons. The highest BCUT2D eigenvalue weighted by molar-refractivity contribution is 6.35. The van der Waals surface area contributed by atoms with Gasteiger partial charge in [-0.2, -0.15) is 0 Å². The molecule has 1 saturated carbocycles. The summed E-state index contributed by atoms with van der Waals surface area (Å²) in [5.41, 5.74) is 0.0840. The zero-order chi connectivity index (χ0) is 13.3. The topological polar surface area (TPSA) is 34.1 Å². The van der Waals surface area contributed by atoms with Gasteiger partial charge in [-0.15, -0.1) is 0 Å². The minimum absolute atomic E-state index is 0.0840. The molecule has 0 bridgehead atoms. The molecule has 1 heterocycles. The monoisotopic (exact) mass is 288 g/mol. The van der Waals surface area contributed by atoms with Gasteiger partial charge in [0, 0.05) is 24.3 Å². The quantitative estimate of drug-likeness (QED) is 0.909. The van der Waals surface area contributed by atoms with Crippen LogP contribution in [0.1, 0.15) is 27.2 Å². The molecule has 0 aliphatic heterocycles. The Bertz CT molecular complexity index is 437. The summed E-state index contributed by atoms with van der Waals surface area (Å²) in [7, 11) is 0. The first-order chi connectivity index (χ1) is 8.45. The van der Waals surface area contributed by atoms with Crippen LogP contribution in [0.15, 0.2) is 12.3 Å². The maximum Gasteiger partial charge on any atom is 0.145 e. The molecule has 2 rings (SSSR count). The predicted octanol–water partition coefficient (Wildman–Crippen LogP) is 4.00. The third-order valence-corrected chi connectivity index (χ3v) is 4.16. The highest BCUT2D eigenvalue weighted by atomic mass is 35.5. The van der Waals surface area contributed by atoms with Gasteiger partial charge in [0.2, 0.25) is 0 Å². The van der Waals surface area contributed by atoms with E-state index in [2.05, 4.69) is 24.1 Å². The highest BCUT2D eigenvalue weighted by Crippen LogP contribution is 2.44. The van der Waals surface area contributed by atoms with Crippen molar-refractivity contribution in [3.8, 4) is 0 Å². The van der Waals surface area contributed by atoms with Gasteiger partial charge in [0.25, 0.3) is 0 Å². The molecule has 0 amide bonds. The summed E-state index contributed by atoms with van der Waals surface area (Å²) in [5.74, 6) is 0.689. The van der Waals surface area contributed by atoms with Crippen LogP contribution >= 0.6 is 23.2 Å². The molecular weight excluding hydrogens is 271 g/mol. The molecule has 1 aliphatic carbocycles. The van der Waals surface area contributed by atoms with Crippen molar-refractivity contribution in [3.63, 3.8) is 0 Å². The zero-order valence-electron chi connectivity index (χ0n) is 10.8. The van der Waals surface area contributed by atoms with E-state index < -0.39 is 0 Å². The van der Waals surface area contributed by atoms with Crippen LogP contribution in [0.2, 0.25) is 10.0 Å². The van der Waals surface area contributed by atoms with Gasteiger partial charge >= 0.3 is 0 Å². The Labute approximate surface area is 118 Å². The van der Waals surface area contributed by atoms with Crippen molar-refractivity contribution in [2.75, 3.05) is 11.9 Å². The van der Waals surface area contributed by atoms with Gasteiger partial charge in [-0.3, -0.25) is 0 Å². The van der Waals surface area contributed by atoms with Crippen LogP contribution in [-0.2, 0) is 4.74 Å². The van der Waals surface area contributed by atoms with E-state index >= 15 is 0 Å². The standard InChI is InChI=1S/C13H18Cl2N2O/c1-4-18-11-6-10(13(11,2)3)17-12-9(15)5-8(14)7-16-12/h5,7,10-11H,4,6H2,1-3H3,(H,16,17). The fourth-order valence-electron chi connectivity index (χ4n) is 2.30. The number of nitrogens with zero attached hydrogens (tertiary/aromatic N) is 1. The van der Waals surface area contributed by atoms with Crippen LogP contribution in [0.5, 0.6) is 0 Å². The molecular formula is C13H18Cl2N2O. The van der Waals surface area contributed by atoms with Gasteiger partial charge < -0.3 is 10.1 Å². The Morgan fingerprint density at radius 3 is 2.78 bits per heavy atom. The summed E-state index contributed by atoms with van der Waals surface area (Å²) < 4.78 is 5.70. The lowest BCUT2D eigenvalue weighted by atomic mass is 9.64. The molecule has 2 unspecified atom stereocenters. The van der Waals surface area contributed by atoms with E-state index in [1.165, 1.54) is 0 Å². The fraction of sp³-hybridized carbons (Fsp3) is 0.615. The van der Waals surface area contributed by atoms with Crippen molar-refractivity contribution in [2.24, 2.45) is 5.41 Å². The molecule has 0 aromatic carbocycles. The Morgan fingerprint density at radius 1 is 1.50 bits per heavy atom. The van der Waals surface area contributed by atoms with Crippen molar-refractivity contribution in [1.82, 2.24) is 4.98 Å². The first-order valence-corrected chi connectivity index (χ1v) is 6.90. The molecule has 0 saturated heterocycles. The van der Waals surface area contributed by atoms with Crippen molar-refractivity contribution >= 4 is 29.0 Å². The van der Waals surface area contributed by atoms with Crippen LogP contribution in [0.25, 0.3) is 0 Å². The third kappa shape index (κ3) is 2.58. The molecule has 1 aliphatic rings. The summed E-state index contributed by atoms with van der Waals surface area (Å²) in [6.07, 6.45) is 2.87. The molecule has 1 N–H and O–H groups in total. The number of rotatable bonds is 4. The minimum Gasteiger partial charge on any atom is -0.378 e. The highest BCUT2D eigenvalue weighted by Gasteiger charge is 2.49. The van der Waals surface area contributed by atoms with Crippen molar-refractivity contribution in [1.29, 1.82) is 0 Å². The first-order valence-electron chi connectivity index (χ1n) is 6.14. The second-order valence-electron chi connectivity index (χ2n) is 5.18. The van der Waals surface area contributed by atoms with E-state index in [0.29, 0.717) is 28.0 Å². The lowest BCUT2D eigenvalue weighted by Crippen LogP contribution is -2.58. The van der Waals surface area contributed by atoms with Crippen LogP contribution < -0.4 is 5.32 Å². The smallest absolute Gasteiger partial charge is 0.145 e. The molecule has 2 atom stereocenters. The van der Waals surface area contributed by atoms with E-state index in [4.69, 9.17) is 27.9 Å². The molecule has 100 valence electrons. The van der Waals surface area contributed by atoms with Crippen LogP contribution in [0.3, 0.4) is 0 Å². The Kier molecular flexibility index (Phi) is 4.05. The first kappa shape index (κ1) is 13.9. The van der Waals surface area contributed by atoms with E-state index in [9.17, 15) is 0 Å². The van der Waals surface area contributed by atoms with E-state index in [1.807, 2.05) is 6.92 Å². The van der Waals surface area contributed by atoms with Gasteiger partial charge in [-0.25, -0.2) is 4.98 Å². The fourth-order valence-corrected chi connectivity index (χ4v) is 2.73. The third-order valence-electron chi connectivity index (χ3n) is 3.66. The molecule has 1 aromatic rings. The average Bonchev–Trinajstić information content (AvgIpc) is 2.30. The van der Waals surface area contributed by atoms with Crippen LogP contribution in [0, 0.1) is 5.41 Å². The van der Waals surface area contributed by atoms with E-state index in [-0.39, 0.29) is 5.41 Å². The molecule has 0 spiro atoms. The summed E-state index contributed by atoms with van der Waals surface area (Å²) in [6.45, 7) is 7.16. The van der Waals surface area contributed by atoms with Crippen molar-refractivity contribution < 1.29 is 4.74 Å². The largest absolute Gasteiger partial charge is 0.378 e.